The van der Waals surface area contributed by atoms with Gasteiger partial charge in [0.1, 0.15) is 0 Å². The minimum atomic E-state index is -0.176. The molecule has 15 heavy (non-hydrogen) atoms. The summed E-state index contributed by atoms with van der Waals surface area (Å²) >= 11 is 11.9. The molecule has 1 N–H and O–H groups in total. The largest absolute Gasteiger partial charge is 0.393 e. The number of aliphatic hydroxyl groups excluding tert-OH is 1. The molecule has 1 aromatic carbocycles. The molecule has 82 valence electrons. The van der Waals surface area contributed by atoms with Gasteiger partial charge in [0.2, 0.25) is 0 Å². The van der Waals surface area contributed by atoms with E-state index >= 15 is 0 Å². The maximum Gasteiger partial charge on any atom is 0.0595 e. The molecule has 1 aromatic rings. The minimum Gasteiger partial charge on any atom is -0.393 e. The van der Waals surface area contributed by atoms with E-state index in [1.54, 1.807) is 0 Å². The van der Waals surface area contributed by atoms with Gasteiger partial charge in [-0.2, -0.15) is 0 Å². The van der Waals surface area contributed by atoms with E-state index < -0.39 is 0 Å². The standard InChI is InChI=1S/C12H14Cl2O/c1-12(5-4-9(15)7-12)8-2-3-10(13)11(14)6-8/h2-3,6,9,15H,4-5,7H2,1H3. The molecule has 0 saturated heterocycles. The molecule has 0 radical (unpaired) electrons. The van der Waals surface area contributed by atoms with Crippen LogP contribution in [0.5, 0.6) is 0 Å². The van der Waals surface area contributed by atoms with Crippen LogP contribution in [0, 0.1) is 0 Å². The van der Waals surface area contributed by atoms with Crippen LogP contribution >= 0.6 is 23.2 Å². The Morgan fingerprint density at radius 1 is 1.33 bits per heavy atom. The third-order valence-electron chi connectivity index (χ3n) is 3.33. The van der Waals surface area contributed by atoms with Crippen LogP contribution < -0.4 is 0 Å². The summed E-state index contributed by atoms with van der Waals surface area (Å²) in [5.74, 6) is 0. The predicted molar refractivity (Wildman–Crippen MR) is 63.7 cm³/mol. The lowest BCUT2D eigenvalue weighted by Gasteiger charge is -2.24. The zero-order valence-electron chi connectivity index (χ0n) is 8.63. The Balaban J connectivity index is 2.33. The first-order valence-electron chi connectivity index (χ1n) is 5.15. The summed E-state index contributed by atoms with van der Waals surface area (Å²) in [6.45, 7) is 2.17. The van der Waals surface area contributed by atoms with Crippen LogP contribution in [0.1, 0.15) is 31.7 Å². The molecule has 1 nitrogen and oxygen atoms in total. The molecule has 3 heteroatoms. The summed E-state index contributed by atoms with van der Waals surface area (Å²) in [5, 5.41) is 10.8. The number of hydrogen-bond donors (Lipinski definition) is 1. The predicted octanol–water partition coefficient (Wildman–Crippen LogP) is 3.80. The number of rotatable bonds is 1. The third kappa shape index (κ3) is 2.15. The van der Waals surface area contributed by atoms with Crippen molar-refractivity contribution in [1.82, 2.24) is 0 Å². The lowest BCUT2D eigenvalue weighted by molar-refractivity contribution is 0.175. The van der Waals surface area contributed by atoms with Gasteiger partial charge in [-0.1, -0.05) is 36.2 Å². The summed E-state index contributed by atoms with van der Waals surface area (Å²) in [5.41, 5.74) is 1.22. The normalized spacial score (nSPS) is 30.8. The summed E-state index contributed by atoms with van der Waals surface area (Å²) in [6, 6.07) is 5.75. The highest BCUT2D eigenvalue weighted by molar-refractivity contribution is 6.42. The van der Waals surface area contributed by atoms with Crippen LogP contribution in [-0.4, -0.2) is 11.2 Å². The topological polar surface area (TPSA) is 20.2 Å². The van der Waals surface area contributed by atoms with Gasteiger partial charge in [0.15, 0.2) is 0 Å². The van der Waals surface area contributed by atoms with Crippen molar-refractivity contribution in [2.45, 2.75) is 37.7 Å². The van der Waals surface area contributed by atoms with Crippen molar-refractivity contribution in [2.24, 2.45) is 0 Å². The molecule has 0 spiro atoms. The molecule has 1 saturated carbocycles. The highest BCUT2D eigenvalue weighted by atomic mass is 35.5. The van der Waals surface area contributed by atoms with Crippen LogP contribution in [0.2, 0.25) is 10.0 Å². The molecular weight excluding hydrogens is 231 g/mol. The molecule has 1 aliphatic carbocycles. The van der Waals surface area contributed by atoms with Gasteiger partial charge in [-0.25, -0.2) is 0 Å². The van der Waals surface area contributed by atoms with Crippen molar-refractivity contribution in [3.05, 3.63) is 33.8 Å². The van der Waals surface area contributed by atoms with E-state index in [0.717, 1.165) is 19.3 Å². The van der Waals surface area contributed by atoms with Crippen molar-refractivity contribution < 1.29 is 5.11 Å². The van der Waals surface area contributed by atoms with Gasteiger partial charge in [-0.3, -0.25) is 0 Å². The molecule has 0 amide bonds. The molecule has 1 aliphatic rings. The molecule has 2 rings (SSSR count). The van der Waals surface area contributed by atoms with Crippen molar-refractivity contribution in [1.29, 1.82) is 0 Å². The Morgan fingerprint density at radius 3 is 2.60 bits per heavy atom. The van der Waals surface area contributed by atoms with Crippen molar-refractivity contribution in [2.75, 3.05) is 0 Å². The highest BCUT2D eigenvalue weighted by Gasteiger charge is 2.35. The molecule has 1 fully saturated rings. The van der Waals surface area contributed by atoms with E-state index in [0.29, 0.717) is 10.0 Å². The van der Waals surface area contributed by atoms with Gasteiger partial charge in [-0.15, -0.1) is 0 Å². The van der Waals surface area contributed by atoms with E-state index in [9.17, 15) is 5.11 Å². The smallest absolute Gasteiger partial charge is 0.0595 e. The number of halogens is 2. The second-order valence-electron chi connectivity index (χ2n) is 4.59. The Bertz CT molecular complexity index is 378. The molecule has 2 atom stereocenters. The first-order valence-corrected chi connectivity index (χ1v) is 5.90. The van der Waals surface area contributed by atoms with Gasteiger partial charge >= 0.3 is 0 Å². The molecular formula is C12H14Cl2O. The third-order valence-corrected chi connectivity index (χ3v) is 4.07. The van der Waals surface area contributed by atoms with Crippen LogP contribution in [0.25, 0.3) is 0 Å². The molecule has 2 unspecified atom stereocenters. The van der Waals surface area contributed by atoms with E-state index in [1.165, 1.54) is 5.56 Å². The first kappa shape index (κ1) is 11.3. The Kier molecular flexibility index (Phi) is 2.98. The van der Waals surface area contributed by atoms with Gasteiger partial charge in [0.05, 0.1) is 16.1 Å². The summed E-state index contributed by atoms with van der Waals surface area (Å²) in [7, 11) is 0. The number of aliphatic hydroxyl groups is 1. The van der Waals surface area contributed by atoms with Crippen LogP contribution in [-0.2, 0) is 5.41 Å². The lowest BCUT2D eigenvalue weighted by atomic mass is 9.81. The second-order valence-corrected chi connectivity index (χ2v) is 5.40. The molecule has 0 heterocycles. The summed E-state index contributed by atoms with van der Waals surface area (Å²) < 4.78 is 0. The van der Waals surface area contributed by atoms with E-state index in [2.05, 4.69) is 6.92 Å². The van der Waals surface area contributed by atoms with Crippen molar-refractivity contribution in [3.63, 3.8) is 0 Å². The maximum absolute atomic E-state index is 9.59. The van der Waals surface area contributed by atoms with Gasteiger partial charge in [-0.05, 0) is 42.4 Å². The highest BCUT2D eigenvalue weighted by Crippen LogP contribution is 2.42. The van der Waals surface area contributed by atoms with Gasteiger partial charge in [0.25, 0.3) is 0 Å². The zero-order chi connectivity index (χ0) is 11.1. The average molecular weight is 245 g/mol. The van der Waals surface area contributed by atoms with E-state index in [4.69, 9.17) is 23.2 Å². The van der Waals surface area contributed by atoms with Crippen molar-refractivity contribution >= 4 is 23.2 Å². The fraction of sp³-hybridized carbons (Fsp3) is 0.500. The van der Waals surface area contributed by atoms with Crippen molar-refractivity contribution in [3.8, 4) is 0 Å². The number of hydrogen-bond acceptors (Lipinski definition) is 1. The molecule has 0 aliphatic heterocycles. The van der Waals surface area contributed by atoms with Gasteiger partial charge < -0.3 is 5.11 Å². The van der Waals surface area contributed by atoms with Crippen LogP contribution in [0.3, 0.4) is 0 Å². The monoisotopic (exact) mass is 244 g/mol. The molecule has 0 bridgehead atoms. The fourth-order valence-corrected chi connectivity index (χ4v) is 2.64. The summed E-state index contributed by atoms with van der Waals surface area (Å²) in [4.78, 5) is 0. The van der Waals surface area contributed by atoms with Crippen LogP contribution in [0.4, 0.5) is 0 Å². The van der Waals surface area contributed by atoms with Gasteiger partial charge in [0, 0.05) is 0 Å². The SMILES string of the molecule is CC1(c2ccc(Cl)c(Cl)c2)CCC(O)C1. The quantitative estimate of drug-likeness (QED) is 0.797. The zero-order valence-corrected chi connectivity index (χ0v) is 10.1. The van der Waals surface area contributed by atoms with Crippen LogP contribution in [0.15, 0.2) is 18.2 Å². The number of benzene rings is 1. The Morgan fingerprint density at radius 2 is 2.07 bits per heavy atom. The Labute approximate surface area is 100 Å². The maximum atomic E-state index is 9.59. The second kappa shape index (κ2) is 3.97. The summed E-state index contributed by atoms with van der Waals surface area (Å²) in [6.07, 6.45) is 2.51. The minimum absolute atomic E-state index is 0.0493. The first-order chi connectivity index (χ1) is 7.01. The van der Waals surface area contributed by atoms with E-state index in [1.807, 2.05) is 18.2 Å². The molecule has 0 aromatic heterocycles. The fourth-order valence-electron chi connectivity index (χ4n) is 2.34. The van der Waals surface area contributed by atoms with E-state index in [-0.39, 0.29) is 11.5 Å². The lowest BCUT2D eigenvalue weighted by Crippen LogP contribution is -2.18. The Hall–Kier alpha value is -0.240. The average Bonchev–Trinajstić information content (AvgIpc) is 2.52.